The number of thiazole rings is 1. The Morgan fingerprint density at radius 3 is 2.68 bits per heavy atom. The van der Waals surface area contributed by atoms with Crippen molar-refractivity contribution in [2.45, 2.75) is 27.7 Å². The van der Waals surface area contributed by atoms with Gasteiger partial charge in [0.05, 0.1) is 24.5 Å². The van der Waals surface area contributed by atoms with E-state index in [1.807, 2.05) is 19.9 Å². The van der Waals surface area contributed by atoms with Crippen LogP contribution < -0.4 is 4.74 Å². The molecule has 2 aromatic rings. The number of rotatable bonds is 7. The molecule has 1 aromatic carbocycles. The van der Waals surface area contributed by atoms with Gasteiger partial charge in [0.25, 0.3) is 0 Å². The number of aromatic nitrogens is 1. The molecule has 7 heteroatoms. The molecular weight excluding hydrogens is 365 g/mol. The van der Waals surface area contributed by atoms with Crippen LogP contribution in [0.2, 0.25) is 0 Å². The molecule has 0 unspecified atom stereocenters. The minimum atomic E-state index is -0.369. The van der Waals surface area contributed by atoms with E-state index in [-0.39, 0.29) is 57.4 Å². The van der Waals surface area contributed by atoms with Gasteiger partial charge in [-0.3, -0.25) is 4.79 Å². The van der Waals surface area contributed by atoms with Crippen LogP contribution in [0.15, 0.2) is 18.2 Å². The fraction of sp³-hybridized carbons (Fsp3) is 0.389. The van der Waals surface area contributed by atoms with Crippen molar-refractivity contribution in [1.29, 1.82) is 0 Å². The van der Waals surface area contributed by atoms with E-state index in [0.29, 0.717) is 46.0 Å². The molecule has 0 radical (unpaired) electrons. The Bertz CT molecular complexity index is 743. The number of nitrogens with zero attached hydrogens (tertiary/aromatic N) is 1. The number of ether oxygens (including phenoxy) is 2. The van der Waals surface area contributed by atoms with Gasteiger partial charge in [0, 0.05) is 5.56 Å². The van der Waals surface area contributed by atoms with E-state index in [0.717, 1.165) is 11.8 Å². The summed E-state index contributed by atoms with van der Waals surface area (Å²) in [6.45, 7) is 8.50. The summed E-state index contributed by atoms with van der Waals surface area (Å²) in [5, 5.41) is 0.675. The fourth-order valence-electron chi connectivity index (χ4n) is 2.07. The molecule has 0 fully saturated rings. The van der Waals surface area contributed by atoms with Crippen LogP contribution in [-0.4, -0.2) is 81.8 Å². The van der Waals surface area contributed by atoms with Crippen molar-refractivity contribution in [3.05, 3.63) is 34.3 Å². The maximum atomic E-state index is 11.9. The first-order valence-electron chi connectivity index (χ1n) is 7.83. The topological polar surface area (TPSA) is 65.5 Å². The number of hydrogen-bond acceptors (Lipinski definition) is 6. The minimum absolute atomic E-state index is 0. The number of carbonyl (C=O) groups excluding carboxylic acids is 2. The van der Waals surface area contributed by atoms with Gasteiger partial charge in [-0.05, 0) is 38.0 Å². The van der Waals surface area contributed by atoms with Gasteiger partial charge in [-0.2, -0.15) is 0 Å². The van der Waals surface area contributed by atoms with E-state index in [4.69, 9.17) is 9.47 Å². The van der Waals surface area contributed by atoms with Crippen molar-refractivity contribution < 1.29 is 19.1 Å². The summed E-state index contributed by atoms with van der Waals surface area (Å²) in [4.78, 5) is 28.2. The van der Waals surface area contributed by atoms with E-state index in [1.165, 1.54) is 11.3 Å². The Morgan fingerprint density at radius 1 is 1.36 bits per heavy atom. The fourth-order valence-corrected chi connectivity index (χ4v) is 3.02. The predicted molar refractivity (Wildman–Crippen MR) is 101 cm³/mol. The Balaban J connectivity index is 0.00000312. The first-order valence-corrected chi connectivity index (χ1v) is 8.64. The van der Waals surface area contributed by atoms with E-state index in [1.54, 1.807) is 26.0 Å². The Kier molecular flexibility index (Phi) is 9.48. The molecule has 0 bridgehead atoms. The number of esters is 1. The van der Waals surface area contributed by atoms with Crippen LogP contribution >= 0.6 is 11.3 Å². The molecule has 0 N–H and O–H groups in total. The normalized spacial score (nSPS) is 10.3. The van der Waals surface area contributed by atoms with Crippen LogP contribution in [0.1, 0.15) is 46.5 Å². The molecular formula is C18H22KNO4S. The average molecular weight is 388 g/mol. The van der Waals surface area contributed by atoms with Gasteiger partial charge in [-0.1, -0.05) is 13.8 Å². The Hall–Kier alpha value is -0.574. The molecule has 0 aliphatic rings. The van der Waals surface area contributed by atoms with Crippen molar-refractivity contribution in [1.82, 2.24) is 4.98 Å². The van der Waals surface area contributed by atoms with E-state index < -0.39 is 0 Å². The molecule has 0 amide bonds. The third-order valence-electron chi connectivity index (χ3n) is 3.21. The summed E-state index contributed by atoms with van der Waals surface area (Å²) in [5.74, 6) is 0.561. The number of carbonyl (C=O) groups is 2. The zero-order valence-corrected chi connectivity index (χ0v) is 15.1. The molecule has 1 aromatic heterocycles. The van der Waals surface area contributed by atoms with Crippen molar-refractivity contribution in [2.24, 2.45) is 5.92 Å². The van der Waals surface area contributed by atoms with Crippen LogP contribution in [0.25, 0.3) is 10.6 Å². The Morgan fingerprint density at radius 2 is 2.08 bits per heavy atom. The average Bonchev–Trinajstić information content (AvgIpc) is 2.94. The quantitative estimate of drug-likeness (QED) is 0.413. The number of aldehydes is 1. The first-order chi connectivity index (χ1) is 11.5. The summed E-state index contributed by atoms with van der Waals surface area (Å²) < 4.78 is 10.7. The molecule has 0 saturated carbocycles. The molecule has 0 aliphatic heterocycles. The summed E-state index contributed by atoms with van der Waals surface area (Å²) in [5.41, 5.74) is 1.87. The van der Waals surface area contributed by atoms with Gasteiger partial charge in [0.15, 0.2) is 6.29 Å². The van der Waals surface area contributed by atoms with Crippen LogP contribution in [0.3, 0.4) is 0 Å². The van der Waals surface area contributed by atoms with E-state index >= 15 is 0 Å². The summed E-state index contributed by atoms with van der Waals surface area (Å²) in [7, 11) is 0. The first kappa shape index (κ1) is 22.5. The molecule has 2 rings (SSSR count). The molecule has 0 atom stereocenters. The molecule has 0 spiro atoms. The Labute approximate surface area is 194 Å². The van der Waals surface area contributed by atoms with Gasteiger partial charge in [-0.15, -0.1) is 11.3 Å². The molecule has 0 saturated heterocycles. The van der Waals surface area contributed by atoms with Crippen LogP contribution in [-0.2, 0) is 4.74 Å². The van der Waals surface area contributed by atoms with Gasteiger partial charge < -0.3 is 9.47 Å². The van der Waals surface area contributed by atoms with Crippen LogP contribution in [0.5, 0.6) is 5.75 Å². The van der Waals surface area contributed by atoms with Crippen molar-refractivity contribution in [3.8, 4) is 16.3 Å². The van der Waals surface area contributed by atoms with E-state index in [2.05, 4.69) is 4.98 Å². The molecule has 130 valence electrons. The second-order valence-electron chi connectivity index (χ2n) is 5.73. The number of hydrogen-bond donors (Lipinski definition) is 0. The number of benzene rings is 1. The SMILES string of the molecule is CCOC(=O)c1sc(-c2ccc(OCC(C)C)c(C=O)c2)nc1C.[KH]. The van der Waals surface area contributed by atoms with Crippen LogP contribution in [0.4, 0.5) is 0 Å². The zero-order chi connectivity index (χ0) is 17.7. The van der Waals surface area contributed by atoms with Gasteiger partial charge in [-0.25, -0.2) is 9.78 Å². The third-order valence-corrected chi connectivity index (χ3v) is 4.40. The van der Waals surface area contributed by atoms with Crippen molar-refractivity contribution in [3.63, 3.8) is 0 Å². The van der Waals surface area contributed by atoms with E-state index in [9.17, 15) is 9.59 Å². The molecule has 1 heterocycles. The van der Waals surface area contributed by atoms with Crippen molar-refractivity contribution in [2.75, 3.05) is 13.2 Å². The number of aryl methyl sites for hydroxylation is 1. The summed E-state index contributed by atoms with van der Waals surface area (Å²) in [6, 6.07) is 5.34. The van der Waals surface area contributed by atoms with Crippen molar-refractivity contribution >= 4 is 75.0 Å². The van der Waals surface area contributed by atoms with Gasteiger partial charge in [0.2, 0.25) is 0 Å². The second kappa shape index (κ2) is 10.5. The monoisotopic (exact) mass is 387 g/mol. The summed E-state index contributed by atoms with van der Waals surface area (Å²) in [6.07, 6.45) is 0.770. The molecule has 25 heavy (non-hydrogen) atoms. The standard InChI is InChI=1S/C18H21NO4S.K.H/c1-5-22-18(21)16-12(4)19-17(24-16)13-6-7-15(14(8-13)9-20)23-10-11(2)3;;/h6-9,11H,5,10H2,1-4H3;;. The predicted octanol–water partition coefficient (Wildman–Crippen LogP) is 3.49. The molecule has 5 nitrogen and oxygen atoms in total. The zero-order valence-electron chi connectivity index (χ0n) is 14.3. The third kappa shape index (κ3) is 5.97. The van der Waals surface area contributed by atoms with Crippen LogP contribution in [0, 0.1) is 12.8 Å². The molecule has 0 aliphatic carbocycles. The maximum absolute atomic E-state index is 11.9. The van der Waals surface area contributed by atoms with Gasteiger partial charge >= 0.3 is 57.4 Å². The van der Waals surface area contributed by atoms with Gasteiger partial charge in [0.1, 0.15) is 15.6 Å². The summed E-state index contributed by atoms with van der Waals surface area (Å²) >= 11 is 1.26. The second-order valence-corrected chi connectivity index (χ2v) is 6.73.